The summed E-state index contributed by atoms with van der Waals surface area (Å²) in [7, 11) is 1.95. The highest BCUT2D eigenvalue weighted by atomic mass is 16.3. The van der Waals surface area contributed by atoms with Crippen LogP contribution in [-0.2, 0) is 12.6 Å². The fourth-order valence-corrected chi connectivity index (χ4v) is 2.14. The number of hydrogen-bond donors (Lipinski definition) is 1. The number of fused-ring (bicyclic) bond motifs is 1. The van der Waals surface area contributed by atoms with Gasteiger partial charge < -0.3 is 5.11 Å². The summed E-state index contributed by atoms with van der Waals surface area (Å²) in [6.07, 6.45) is 1.77. The Labute approximate surface area is 88.3 Å². The molecule has 0 amide bonds. The molecule has 0 atom stereocenters. The fourth-order valence-electron chi connectivity index (χ4n) is 2.14. The number of benzene rings is 1. The van der Waals surface area contributed by atoms with Crippen molar-refractivity contribution in [2.45, 2.75) is 25.4 Å². The van der Waals surface area contributed by atoms with Crippen molar-refractivity contribution in [2.75, 3.05) is 0 Å². The van der Waals surface area contributed by atoms with Crippen LogP contribution in [0.5, 0.6) is 0 Å². The minimum absolute atomic E-state index is 0.545. The first kappa shape index (κ1) is 8.92. The van der Waals surface area contributed by atoms with Gasteiger partial charge in [0.05, 0.1) is 16.8 Å². The van der Waals surface area contributed by atoms with Crippen LogP contribution in [0.15, 0.2) is 18.2 Å². The summed E-state index contributed by atoms with van der Waals surface area (Å²) in [5.74, 6) is 0. The average Bonchev–Trinajstić information content (AvgIpc) is 2.90. The van der Waals surface area contributed by atoms with Crippen LogP contribution in [0.3, 0.4) is 0 Å². The van der Waals surface area contributed by atoms with Crippen LogP contribution in [-0.4, -0.2) is 14.9 Å². The van der Waals surface area contributed by atoms with Crippen molar-refractivity contribution in [1.29, 1.82) is 0 Å². The quantitative estimate of drug-likeness (QED) is 0.766. The molecule has 0 aliphatic heterocycles. The lowest BCUT2D eigenvalue weighted by atomic mass is 10.0. The molecule has 0 radical (unpaired) electrons. The van der Waals surface area contributed by atoms with Gasteiger partial charge in [-0.3, -0.25) is 4.68 Å². The standard InChI is InChI=1S/C12H14N2O/c1-8-10-7-9(12(15)5-6-12)3-4-11(10)14(2)13-8/h3-4,7,15H,5-6H2,1-2H3. The molecule has 3 rings (SSSR count). The molecule has 0 unspecified atom stereocenters. The summed E-state index contributed by atoms with van der Waals surface area (Å²) in [5, 5.41) is 15.5. The molecule has 0 bridgehead atoms. The largest absolute Gasteiger partial charge is 0.385 e. The third-order valence-corrected chi connectivity index (χ3v) is 3.30. The first-order valence-corrected chi connectivity index (χ1v) is 5.26. The topological polar surface area (TPSA) is 38.0 Å². The SMILES string of the molecule is Cc1nn(C)c2ccc(C3(O)CC3)cc12. The summed E-state index contributed by atoms with van der Waals surface area (Å²) in [6, 6.07) is 6.13. The smallest absolute Gasteiger partial charge is 0.0899 e. The molecule has 3 nitrogen and oxygen atoms in total. The number of rotatable bonds is 1. The monoisotopic (exact) mass is 202 g/mol. The lowest BCUT2D eigenvalue weighted by molar-refractivity contribution is 0.151. The highest BCUT2D eigenvalue weighted by Gasteiger charge is 2.42. The van der Waals surface area contributed by atoms with Gasteiger partial charge in [-0.2, -0.15) is 5.10 Å². The molecule has 1 aromatic heterocycles. The van der Waals surface area contributed by atoms with Gasteiger partial charge in [0, 0.05) is 12.4 Å². The van der Waals surface area contributed by atoms with E-state index in [9.17, 15) is 5.11 Å². The van der Waals surface area contributed by atoms with E-state index in [-0.39, 0.29) is 0 Å². The maximum atomic E-state index is 10.0. The molecule has 1 heterocycles. The third-order valence-electron chi connectivity index (χ3n) is 3.30. The maximum absolute atomic E-state index is 10.0. The van der Waals surface area contributed by atoms with Crippen LogP contribution >= 0.6 is 0 Å². The van der Waals surface area contributed by atoms with E-state index in [0.717, 1.165) is 35.0 Å². The molecule has 1 aromatic carbocycles. The Kier molecular flexibility index (Phi) is 1.55. The second-order valence-electron chi connectivity index (χ2n) is 4.47. The van der Waals surface area contributed by atoms with Gasteiger partial charge >= 0.3 is 0 Å². The first-order chi connectivity index (χ1) is 7.10. The van der Waals surface area contributed by atoms with E-state index >= 15 is 0 Å². The maximum Gasteiger partial charge on any atom is 0.0899 e. The molecule has 1 aliphatic carbocycles. The molecule has 1 fully saturated rings. The molecule has 0 saturated heterocycles. The van der Waals surface area contributed by atoms with E-state index in [1.54, 1.807) is 0 Å². The minimum atomic E-state index is -0.545. The number of nitrogens with zero attached hydrogens (tertiary/aromatic N) is 2. The zero-order chi connectivity index (χ0) is 10.6. The predicted octanol–water partition coefficient (Wildman–Crippen LogP) is 1.86. The highest BCUT2D eigenvalue weighted by Crippen LogP contribution is 2.45. The average molecular weight is 202 g/mol. The van der Waals surface area contributed by atoms with Gasteiger partial charge in [0.2, 0.25) is 0 Å². The van der Waals surface area contributed by atoms with Gasteiger partial charge in [0.25, 0.3) is 0 Å². The summed E-state index contributed by atoms with van der Waals surface area (Å²) in [6.45, 7) is 2.00. The number of aliphatic hydroxyl groups is 1. The normalized spacial score (nSPS) is 18.3. The zero-order valence-corrected chi connectivity index (χ0v) is 8.99. The van der Waals surface area contributed by atoms with E-state index in [2.05, 4.69) is 11.2 Å². The Hall–Kier alpha value is -1.35. The molecule has 15 heavy (non-hydrogen) atoms. The molecular weight excluding hydrogens is 188 g/mol. The molecule has 78 valence electrons. The molecule has 0 spiro atoms. The van der Waals surface area contributed by atoms with Crippen molar-refractivity contribution in [2.24, 2.45) is 7.05 Å². The summed E-state index contributed by atoms with van der Waals surface area (Å²) in [5.41, 5.74) is 2.64. The fraction of sp³-hybridized carbons (Fsp3) is 0.417. The van der Waals surface area contributed by atoms with Crippen LogP contribution < -0.4 is 0 Å². The Morgan fingerprint density at radius 1 is 1.40 bits per heavy atom. The lowest BCUT2D eigenvalue weighted by Gasteiger charge is -2.07. The van der Waals surface area contributed by atoms with Gasteiger partial charge in [0.15, 0.2) is 0 Å². The number of hydrogen-bond acceptors (Lipinski definition) is 2. The van der Waals surface area contributed by atoms with Crippen molar-refractivity contribution in [1.82, 2.24) is 9.78 Å². The zero-order valence-electron chi connectivity index (χ0n) is 8.99. The molecule has 1 saturated carbocycles. The van der Waals surface area contributed by atoms with Gasteiger partial charge in [-0.15, -0.1) is 0 Å². The van der Waals surface area contributed by atoms with Gasteiger partial charge in [-0.1, -0.05) is 6.07 Å². The second-order valence-corrected chi connectivity index (χ2v) is 4.47. The summed E-state index contributed by atoms with van der Waals surface area (Å²) >= 11 is 0. The Balaban J connectivity index is 2.25. The molecule has 3 heteroatoms. The Bertz CT molecular complexity index is 538. The Morgan fingerprint density at radius 3 is 2.80 bits per heavy atom. The van der Waals surface area contributed by atoms with Crippen LogP contribution in [0, 0.1) is 6.92 Å². The van der Waals surface area contributed by atoms with Crippen molar-refractivity contribution in [3.8, 4) is 0 Å². The molecule has 1 aliphatic rings. The molecular formula is C12H14N2O. The highest BCUT2D eigenvalue weighted by molar-refractivity contribution is 5.82. The van der Waals surface area contributed by atoms with E-state index < -0.39 is 5.60 Å². The summed E-state index contributed by atoms with van der Waals surface area (Å²) in [4.78, 5) is 0. The van der Waals surface area contributed by atoms with Crippen molar-refractivity contribution >= 4 is 10.9 Å². The third kappa shape index (κ3) is 1.20. The van der Waals surface area contributed by atoms with Crippen LogP contribution in [0.25, 0.3) is 10.9 Å². The Morgan fingerprint density at radius 2 is 2.13 bits per heavy atom. The minimum Gasteiger partial charge on any atom is -0.385 e. The van der Waals surface area contributed by atoms with Crippen LogP contribution in [0.1, 0.15) is 24.1 Å². The van der Waals surface area contributed by atoms with Crippen molar-refractivity contribution < 1.29 is 5.11 Å². The first-order valence-electron chi connectivity index (χ1n) is 5.26. The van der Waals surface area contributed by atoms with E-state index in [0.29, 0.717) is 0 Å². The second kappa shape index (κ2) is 2.61. The lowest BCUT2D eigenvalue weighted by Crippen LogP contribution is -2.03. The van der Waals surface area contributed by atoms with Crippen molar-refractivity contribution in [3.05, 3.63) is 29.5 Å². The van der Waals surface area contributed by atoms with Gasteiger partial charge in [-0.05, 0) is 37.5 Å². The van der Waals surface area contributed by atoms with Gasteiger partial charge in [0.1, 0.15) is 0 Å². The van der Waals surface area contributed by atoms with Crippen molar-refractivity contribution in [3.63, 3.8) is 0 Å². The van der Waals surface area contributed by atoms with E-state index in [4.69, 9.17) is 0 Å². The number of aromatic nitrogens is 2. The van der Waals surface area contributed by atoms with E-state index in [1.807, 2.05) is 30.8 Å². The molecule has 2 aromatic rings. The number of aryl methyl sites for hydroxylation is 2. The predicted molar refractivity (Wildman–Crippen MR) is 58.6 cm³/mol. The van der Waals surface area contributed by atoms with Crippen LogP contribution in [0.4, 0.5) is 0 Å². The van der Waals surface area contributed by atoms with E-state index in [1.165, 1.54) is 0 Å². The van der Waals surface area contributed by atoms with Gasteiger partial charge in [-0.25, -0.2) is 0 Å². The van der Waals surface area contributed by atoms with Crippen LogP contribution in [0.2, 0.25) is 0 Å². The molecule has 1 N–H and O–H groups in total. The summed E-state index contributed by atoms with van der Waals surface area (Å²) < 4.78 is 1.88.